The van der Waals surface area contributed by atoms with Crippen LogP contribution in [0.1, 0.15) is 54.9 Å². The van der Waals surface area contributed by atoms with Gasteiger partial charge in [0.25, 0.3) is 11.5 Å². The quantitative estimate of drug-likeness (QED) is 0.149. The largest absolute Gasteiger partial charge is 0.310 e. The third-order valence-electron chi connectivity index (χ3n) is 22.3. The molecule has 4 aliphatic heterocycles. The van der Waals surface area contributed by atoms with Crippen molar-refractivity contribution in [2.45, 2.75) is 10.8 Å². The van der Waals surface area contributed by atoms with Gasteiger partial charge < -0.3 is 9.80 Å². The van der Waals surface area contributed by atoms with Crippen molar-refractivity contribution in [3.63, 3.8) is 0 Å². The molecule has 0 saturated heterocycles. The van der Waals surface area contributed by atoms with Crippen LogP contribution in [-0.2, 0) is 10.8 Å². The molecular formula is C100H65BrN4O2. The van der Waals surface area contributed by atoms with Gasteiger partial charge in [0.15, 0.2) is 0 Å². The Morgan fingerprint density at radius 3 is 1.01 bits per heavy atom. The summed E-state index contributed by atoms with van der Waals surface area (Å²) in [6, 6.07) is 139. The third-order valence-corrected chi connectivity index (χ3v) is 23.0. The lowest BCUT2D eigenvalue weighted by Gasteiger charge is -2.51. The lowest BCUT2D eigenvalue weighted by molar-refractivity contribution is 0.0997. The number of aromatic nitrogens is 1. The van der Waals surface area contributed by atoms with E-state index in [2.05, 4.69) is 378 Å². The van der Waals surface area contributed by atoms with Gasteiger partial charge in [0.05, 0.1) is 61.7 Å². The molecule has 16 aromatic carbocycles. The first-order chi connectivity index (χ1) is 52.9. The molecule has 0 bridgehead atoms. The highest BCUT2D eigenvalue weighted by Crippen LogP contribution is 2.66. The summed E-state index contributed by atoms with van der Waals surface area (Å²) in [7, 11) is 0. The van der Waals surface area contributed by atoms with Gasteiger partial charge in [-0.2, -0.15) is 0 Å². The monoisotopic (exact) mass is 1430 g/mol. The van der Waals surface area contributed by atoms with Crippen LogP contribution in [0.2, 0.25) is 0 Å². The van der Waals surface area contributed by atoms with Crippen LogP contribution in [0, 0.1) is 0 Å². The first-order valence-electron chi connectivity index (χ1n) is 36.3. The molecule has 504 valence electrons. The van der Waals surface area contributed by atoms with Crippen LogP contribution in [0.25, 0.3) is 71.9 Å². The molecule has 7 heteroatoms. The Labute approximate surface area is 629 Å². The fourth-order valence-electron chi connectivity index (χ4n) is 17.8. The number of amides is 1. The van der Waals surface area contributed by atoms with Crippen LogP contribution < -0.4 is 20.3 Å². The number of fused-ring (bicyclic) bond motifs is 18. The maximum absolute atomic E-state index is 15.1. The molecule has 1 amide bonds. The number of carbonyl (C=O) groups excluding carboxylic acids is 1. The fourth-order valence-corrected chi connectivity index (χ4v) is 18.3. The van der Waals surface area contributed by atoms with E-state index in [1.807, 2.05) is 51.9 Å². The summed E-state index contributed by atoms with van der Waals surface area (Å²) in [5.41, 5.74) is 27.0. The minimum absolute atomic E-state index is 0.00587. The summed E-state index contributed by atoms with van der Waals surface area (Å²) in [5.74, 6) is -0.0944. The highest BCUT2D eigenvalue weighted by molar-refractivity contribution is 9.10. The average molecular weight is 1430 g/mol. The molecule has 6 nitrogen and oxygen atoms in total. The highest BCUT2D eigenvalue weighted by Gasteiger charge is 2.54. The molecule has 2 spiro atoms. The van der Waals surface area contributed by atoms with Gasteiger partial charge in [0.2, 0.25) is 0 Å². The molecule has 0 fully saturated rings. The zero-order valence-corrected chi connectivity index (χ0v) is 59.6. The van der Waals surface area contributed by atoms with Gasteiger partial charge >= 0.3 is 0 Å². The van der Waals surface area contributed by atoms with E-state index in [1.165, 1.54) is 11.1 Å². The maximum atomic E-state index is 15.1. The molecule has 0 atom stereocenters. The zero-order chi connectivity index (χ0) is 71.3. The second-order valence-corrected chi connectivity index (χ2v) is 28.7. The Balaban J connectivity index is 0.000000141. The minimum atomic E-state index is -0.802. The predicted octanol–water partition coefficient (Wildman–Crippen LogP) is 25.2. The number of hydrogen-bond acceptors (Lipinski definition) is 4. The number of pyridine rings is 1. The lowest BCUT2D eigenvalue weighted by Crippen LogP contribution is -2.44. The molecule has 0 unspecified atom stereocenters. The van der Waals surface area contributed by atoms with Crippen molar-refractivity contribution in [2.24, 2.45) is 0 Å². The van der Waals surface area contributed by atoms with Gasteiger partial charge in [-0.25, -0.2) is 0 Å². The molecule has 4 aliphatic rings. The van der Waals surface area contributed by atoms with Crippen molar-refractivity contribution in [1.29, 1.82) is 0 Å². The first kappa shape index (κ1) is 63.2. The third kappa shape index (κ3) is 9.71. The molecule has 5 heterocycles. The summed E-state index contributed by atoms with van der Waals surface area (Å²) in [4.78, 5) is 36.9. The van der Waals surface area contributed by atoms with Crippen LogP contribution in [0.4, 0.5) is 45.5 Å². The second kappa shape index (κ2) is 25.5. The topological polar surface area (TPSA) is 48.8 Å². The van der Waals surface area contributed by atoms with Gasteiger partial charge in [-0.1, -0.05) is 279 Å². The second-order valence-electron chi connectivity index (χ2n) is 27.8. The number of hydrogen-bond donors (Lipinski definition) is 0. The molecule has 0 aliphatic carbocycles. The lowest BCUT2D eigenvalue weighted by atomic mass is 9.59. The van der Waals surface area contributed by atoms with Crippen molar-refractivity contribution in [3.05, 3.63) is 459 Å². The summed E-state index contributed by atoms with van der Waals surface area (Å²) in [6.45, 7) is 0. The molecule has 21 rings (SSSR count). The number of anilines is 8. The van der Waals surface area contributed by atoms with Gasteiger partial charge in [-0.15, -0.1) is 0 Å². The number of benzene rings is 16. The Bertz CT molecular complexity index is 6280. The van der Waals surface area contributed by atoms with E-state index >= 15 is 4.79 Å². The molecule has 0 N–H and O–H groups in total. The Morgan fingerprint density at radius 2 is 0.579 bits per heavy atom. The molecular weight excluding hydrogens is 1370 g/mol. The number of rotatable bonds is 7. The number of halogens is 1. The van der Waals surface area contributed by atoms with Crippen molar-refractivity contribution >= 4 is 89.0 Å². The Hall–Kier alpha value is -13.5. The van der Waals surface area contributed by atoms with Crippen molar-refractivity contribution < 1.29 is 4.79 Å². The van der Waals surface area contributed by atoms with Gasteiger partial charge in [0.1, 0.15) is 0 Å². The minimum Gasteiger partial charge on any atom is -0.310 e. The normalized spacial score (nSPS) is 13.4. The van der Waals surface area contributed by atoms with E-state index in [1.54, 1.807) is 0 Å². The fraction of sp³-hybridized carbons (Fsp3) is 0.0200. The zero-order valence-electron chi connectivity index (χ0n) is 58.0. The molecule has 0 radical (unpaired) electrons. The Morgan fingerprint density at radius 1 is 0.252 bits per heavy atom. The molecule has 107 heavy (non-hydrogen) atoms. The van der Waals surface area contributed by atoms with Crippen molar-refractivity contribution in [1.82, 2.24) is 4.57 Å². The van der Waals surface area contributed by atoms with Crippen LogP contribution in [-0.4, -0.2) is 10.5 Å². The summed E-state index contributed by atoms with van der Waals surface area (Å²) in [5, 5.41) is 2.74. The smallest absolute Gasteiger partial charge is 0.263 e. The van der Waals surface area contributed by atoms with E-state index in [-0.39, 0.29) is 11.5 Å². The van der Waals surface area contributed by atoms with Gasteiger partial charge in [-0.3, -0.25) is 19.1 Å². The average Bonchev–Trinajstić information content (AvgIpc) is 0.674. The predicted molar refractivity (Wildman–Crippen MR) is 443 cm³/mol. The maximum Gasteiger partial charge on any atom is 0.263 e. The van der Waals surface area contributed by atoms with Crippen LogP contribution in [0.5, 0.6) is 0 Å². The number of nitrogens with zero attached hydrogens (tertiary/aromatic N) is 4. The Kier molecular flexibility index (Phi) is 15.0. The van der Waals surface area contributed by atoms with E-state index in [0.717, 1.165) is 150 Å². The molecule has 17 aromatic rings. The molecule has 1 aromatic heterocycles. The van der Waals surface area contributed by atoms with E-state index in [0.29, 0.717) is 10.9 Å². The SMILES string of the molecule is O=C(c1ccccc1Br)N1c2ccc(-c3ccccc3)cc2C2(c3cc(-c4ccccc4)ccc31)c1ccccc1N(c1ccccc1)c1ccccc12.O=c1c2ccccc2c2cc(-c3ccccc3)cc3c2n1-c1ccc(-c2ccccc2)cc1C31c2ccccc2N(c2ccccc2)c2ccccc21. The highest BCUT2D eigenvalue weighted by atomic mass is 79.9. The van der Waals surface area contributed by atoms with Gasteiger partial charge in [-0.05, 0) is 226 Å². The number of carbonyl (C=O) groups is 1. The number of para-hydroxylation sites is 6. The van der Waals surface area contributed by atoms with E-state index < -0.39 is 10.8 Å². The van der Waals surface area contributed by atoms with E-state index in [4.69, 9.17) is 0 Å². The summed E-state index contributed by atoms with van der Waals surface area (Å²) in [6.07, 6.45) is 0. The molecule has 0 saturated carbocycles. The van der Waals surface area contributed by atoms with Gasteiger partial charge in [0, 0.05) is 26.6 Å². The van der Waals surface area contributed by atoms with Crippen molar-refractivity contribution in [2.75, 3.05) is 14.7 Å². The van der Waals surface area contributed by atoms with Crippen molar-refractivity contribution in [3.8, 4) is 50.2 Å². The van der Waals surface area contributed by atoms with Crippen LogP contribution in [0.15, 0.2) is 404 Å². The van der Waals surface area contributed by atoms with E-state index in [9.17, 15) is 4.79 Å². The first-order valence-corrected chi connectivity index (χ1v) is 37.1. The van der Waals surface area contributed by atoms with Crippen LogP contribution >= 0.6 is 15.9 Å². The van der Waals surface area contributed by atoms with Crippen LogP contribution in [0.3, 0.4) is 0 Å². The summed E-state index contributed by atoms with van der Waals surface area (Å²) < 4.78 is 2.76. The summed E-state index contributed by atoms with van der Waals surface area (Å²) >= 11 is 3.72. The standard InChI is InChI=1S/C50H33BrN2O.C50H32N2O/c51-44-25-13-10-22-39(44)49(54)53-47-30-28-36(34-16-4-1-5-17-34)32-42(47)50(43-33-37(29-31-48(43)53)35-18-6-2-7-19-35)40-23-11-14-26-45(40)52(38-20-8-3-9-21-38)46-27-15-12-24-41(46)50;53-49-39-23-11-10-22-38(39)40-30-36(34-18-6-2-7-19-34)32-44-48(40)52(49)47-29-28-35(33-16-4-1-5-17-33)31-43(47)50(44)41-24-12-14-26-45(41)51(37-20-8-3-9-21-37)46-27-15-13-25-42(46)50/h1-33H;1-32H.